The van der Waals surface area contributed by atoms with Gasteiger partial charge in [-0.15, -0.1) is 0 Å². The number of hydrogen-bond acceptors (Lipinski definition) is 3. The molecule has 1 aromatic heterocycles. The number of imidazole rings is 1. The summed E-state index contributed by atoms with van der Waals surface area (Å²) in [6.07, 6.45) is 0. The summed E-state index contributed by atoms with van der Waals surface area (Å²) in [6.45, 7) is 2.03. The molecule has 0 amide bonds. The van der Waals surface area contributed by atoms with Crippen LogP contribution < -0.4 is 10.5 Å². The van der Waals surface area contributed by atoms with Gasteiger partial charge in [-0.2, -0.15) is 0 Å². The van der Waals surface area contributed by atoms with Crippen molar-refractivity contribution in [3.8, 4) is 11.4 Å². The van der Waals surface area contributed by atoms with E-state index in [1.807, 2.05) is 47.9 Å². The van der Waals surface area contributed by atoms with E-state index in [1.54, 1.807) is 7.11 Å². The minimum Gasteiger partial charge on any atom is -0.497 e. The Bertz CT molecular complexity index is 795. The van der Waals surface area contributed by atoms with E-state index in [2.05, 4.69) is 20.9 Å². The van der Waals surface area contributed by atoms with Gasteiger partial charge < -0.3 is 10.5 Å². The molecule has 0 aliphatic heterocycles. The fourth-order valence-corrected chi connectivity index (χ4v) is 2.68. The molecule has 0 fully saturated rings. The Morgan fingerprint density at radius 1 is 1.20 bits per heavy atom. The smallest absolute Gasteiger partial charge is 0.205 e. The summed E-state index contributed by atoms with van der Waals surface area (Å²) in [5.41, 5.74) is 10.0. The molecule has 0 aliphatic carbocycles. The van der Waals surface area contributed by atoms with Crippen molar-refractivity contribution in [2.24, 2.45) is 0 Å². The molecule has 0 spiro atoms. The summed E-state index contributed by atoms with van der Waals surface area (Å²) in [6, 6.07) is 11.8. The number of aryl methyl sites for hydroxylation is 1. The van der Waals surface area contributed by atoms with Gasteiger partial charge in [-0.25, -0.2) is 4.98 Å². The standard InChI is InChI=1S/C15H14BrN3O/c1-9-7-11(20-2)4-6-13(9)19-14-8-10(16)3-5-12(14)18-15(19)17/h3-8H,1-2H3,(H2,17,18). The minimum atomic E-state index is 0.478. The van der Waals surface area contributed by atoms with Gasteiger partial charge in [-0.3, -0.25) is 4.57 Å². The number of fused-ring (bicyclic) bond motifs is 1. The molecule has 0 saturated heterocycles. The maximum atomic E-state index is 6.08. The first-order valence-electron chi connectivity index (χ1n) is 6.18. The average Bonchev–Trinajstić information content (AvgIpc) is 2.74. The number of ether oxygens (including phenoxy) is 1. The van der Waals surface area contributed by atoms with Gasteiger partial charge in [-0.1, -0.05) is 15.9 Å². The van der Waals surface area contributed by atoms with Crippen molar-refractivity contribution in [1.29, 1.82) is 0 Å². The summed E-state index contributed by atoms with van der Waals surface area (Å²) < 4.78 is 8.19. The third kappa shape index (κ3) is 2.04. The van der Waals surface area contributed by atoms with Crippen LogP contribution in [0, 0.1) is 6.92 Å². The number of benzene rings is 2. The molecule has 0 bridgehead atoms. The van der Waals surface area contributed by atoms with Crippen LogP contribution in [0.2, 0.25) is 0 Å². The zero-order valence-corrected chi connectivity index (χ0v) is 12.8. The number of halogens is 1. The van der Waals surface area contributed by atoms with Crippen LogP contribution in [0.5, 0.6) is 5.75 Å². The van der Waals surface area contributed by atoms with Crippen LogP contribution in [0.4, 0.5) is 5.95 Å². The van der Waals surface area contributed by atoms with Crippen molar-refractivity contribution in [2.75, 3.05) is 12.8 Å². The lowest BCUT2D eigenvalue weighted by atomic mass is 10.2. The highest BCUT2D eigenvalue weighted by molar-refractivity contribution is 9.10. The van der Waals surface area contributed by atoms with Gasteiger partial charge in [-0.05, 0) is 48.9 Å². The first-order chi connectivity index (χ1) is 9.60. The van der Waals surface area contributed by atoms with Crippen LogP contribution in [0.15, 0.2) is 40.9 Å². The van der Waals surface area contributed by atoms with Crippen molar-refractivity contribution in [3.63, 3.8) is 0 Å². The lowest BCUT2D eigenvalue weighted by molar-refractivity contribution is 0.414. The molecule has 3 aromatic rings. The maximum Gasteiger partial charge on any atom is 0.205 e. The number of nitrogens with zero attached hydrogens (tertiary/aromatic N) is 2. The van der Waals surface area contributed by atoms with Gasteiger partial charge in [0.05, 0.1) is 23.8 Å². The molecule has 5 heteroatoms. The maximum absolute atomic E-state index is 6.08. The van der Waals surface area contributed by atoms with Crippen molar-refractivity contribution in [2.45, 2.75) is 6.92 Å². The highest BCUT2D eigenvalue weighted by atomic mass is 79.9. The van der Waals surface area contributed by atoms with Crippen LogP contribution in [0.1, 0.15) is 5.56 Å². The number of nitrogens with two attached hydrogens (primary N) is 1. The number of hydrogen-bond donors (Lipinski definition) is 1. The van der Waals surface area contributed by atoms with Crippen molar-refractivity contribution >= 4 is 32.9 Å². The second-order valence-electron chi connectivity index (χ2n) is 4.59. The lowest BCUT2D eigenvalue weighted by Crippen LogP contribution is -2.02. The Balaban J connectivity index is 2.28. The molecule has 0 atom stereocenters. The molecule has 0 unspecified atom stereocenters. The van der Waals surface area contributed by atoms with Gasteiger partial charge in [0.15, 0.2) is 0 Å². The Hall–Kier alpha value is -2.01. The van der Waals surface area contributed by atoms with E-state index in [9.17, 15) is 0 Å². The highest BCUT2D eigenvalue weighted by Gasteiger charge is 2.12. The van der Waals surface area contributed by atoms with Crippen LogP contribution in [-0.4, -0.2) is 16.7 Å². The quantitative estimate of drug-likeness (QED) is 0.779. The number of nitrogen functional groups attached to an aromatic ring is 1. The molecule has 0 aliphatic rings. The SMILES string of the molecule is COc1ccc(-n2c(N)nc3ccc(Br)cc32)c(C)c1. The van der Waals surface area contributed by atoms with Gasteiger partial charge in [0, 0.05) is 4.47 Å². The minimum absolute atomic E-state index is 0.478. The Kier molecular flexibility index (Phi) is 3.14. The van der Waals surface area contributed by atoms with Crippen LogP contribution in [0.25, 0.3) is 16.7 Å². The van der Waals surface area contributed by atoms with E-state index >= 15 is 0 Å². The van der Waals surface area contributed by atoms with Gasteiger partial charge in [0.2, 0.25) is 5.95 Å². The van der Waals surface area contributed by atoms with E-state index in [4.69, 9.17) is 10.5 Å². The van der Waals surface area contributed by atoms with Crippen molar-refractivity contribution < 1.29 is 4.74 Å². The number of anilines is 1. The van der Waals surface area contributed by atoms with Crippen LogP contribution in [-0.2, 0) is 0 Å². The molecule has 102 valence electrons. The fraction of sp³-hybridized carbons (Fsp3) is 0.133. The summed E-state index contributed by atoms with van der Waals surface area (Å²) in [5, 5.41) is 0. The molecule has 4 nitrogen and oxygen atoms in total. The topological polar surface area (TPSA) is 53.1 Å². The summed E-state index contributed by atoms with van der Waals surface area (Å²) in [5.74, 6) is 1.31. The van der Waals surface area contributed by atoms with Crippen molar-refractivity contribution in [3.05, 3.63) is 46.4 Å². The number of rotatable bonds is 2. The van der Waals surface area contributed by atoms with E-state index in [1.165, 1.54) is 0 Å². The van der Waals surface area contributed by atoms with E-state index in [0.29, 0.717) is 5.95 Å². The molecular formula is C15H14BrN3O. The number of aromatic nitrogens is 2. The van der Waals surface area contributed by atoms with Crippen molar-refractivity contribution in [1.82, 2.24) is 9.55 Å². The molecule has 0 saturated carbocycles. The van der Waals surface area contributed by atoms with Crippen LogP contribution >= 0.6 is 15.9 Å². The van der Waals surface area contributed by atoms with Gasteiger partial charge in [0.25, 0.3) is 0 Å². The molecule has 20 heavy (non-hydrogen) atoms. The molecule has 2 aromatic carbocycles. The summed E-state index contributed by atoms with van der Waals surface area (Å²) in [7, 11) is 1.66. The molecule has 2 N–H and O–H groups in total. The zero-order valence-electron chi connectivity index (χ0n) is 11.2. The Morgan fingerprint density at radius 3 is 2.70 bits per heavy atom. The number of methoxy groups -OCH3 is 1. The zero-order chi connectivity index (χ0) is 14.3. The predicted octanol–water partition coefficient (Wildman–Crippen LogP) is 3.69. The Morgan fingerprint density at radius 2 is 2.00 bits per heavy atom. The largest absolute Gasteiger partial charge is 0.497 e. The predicted molar refractivity (Wildman–Crippen MR) is 84.5 cm³/mol. The van der Waals surface area contributed by atoms with Gasteiger partial charge >= 0.3 is 0 Å². The molecule has 0 radical (unpaired) electrons. The fourth-order valence-electron chi connectivity index (χ4n) is 2.33. The third-order valence-electron chi connectivity index (χ3n) is 3.29. The van der Waals surface area contributed by atoms with E-state index in [0.717, 1.165) is 32.5 Å². The highest BCUT2D eigenvalue weighted by Crippen LogP contribution is 2.29. The second kappa shape index (κ2) is 4.83. The lowest BCUT2D eigenvalue weighted by Gasteiger charge is -2.11. The first-order valence-corrected chi connectivity index (χ1v) is 6.98. The monoisotopic (exact) mass is 331 g/mol. The molecular weight excluding hydrogens is 318 g/mol. The first kappa shape index (κ1) is 13.0. The van der Waals surface area contributed by atoms with E-state index < -0.39 is 0 Å². The third-order valence-corrected chi connectivity index (χ3v) is 3.78. The second-order valence-corrected chi connectivity index (χ2v) is 5.51. The van der Waals surface area contributed by atoms with Crippen LogP contribution in [0.3, 0.4) is 0 Å². The normalized spacial score (nSPS) is 10.9. The summed E-state index contributed by atoms with van der Waals surface area (Å²) >= 11 is 3.49. The average molecular weight is 332 g/mol. The molecule has 1 heterocycles. The summed E-state index contributed by atoms with van der Waals surface area (Å²) in [4.78, 5) is 4.40. The Labute approximate surface area is 125 Å². The van der Waals surface area contributed by atoms with E-state index in [-0.39, 0.29) is 0 Å². The van der Waals surface area contributed by atoms with Gasteiger partial charge in [0.1, 0.15) is 5.75 Å². The molecule has 3 rings (SSSR count).